The molecule has 1 aliphatic rings. The molecular formula is C24H27N2OS+. The lowest BCUT2D eigenvalue weighted by Gasteiger charge is -2.32. The Labute approximate surface area is 171 Å². The van der Waals surface area contributed by atoms with E-state index in [1.807, 2.05) is 18.2 Å². The maximum absolute atomic E-state index is 12.7. The summed E-state index contributed by atoms with van der Waals surface area (Å²) in [6.45, 7) is 6.89. The molecule has 1 aromatic heterocycles. The highest BCUT2D eigenvalue weighted by atomic mass is 32.1. The fourth-order valence-corrected chi connectivity index (χ4v) is 4.90. The number of aryl methyl sites for hydroxylation is 2. The van der Waals surface area contributed by atoms with Crippen molar-refractivity contribution in [2.75, 3.05) is 13.1 Å². The van der Waals surface area contributed by atoms with Gasteiger partial charge in [-0.3, -0.25) is 4.79 Å². The summed E-state index contributed by atoms with van der Waals surface area (Å²) in [5, 5.41) is 5.33. The topological polar surface area (TPSA) is 33.5 Å². The molecule has 3 aromatic rings. The zero-order chi connectivity index (χ0) is 19.5. The van der Waals surface area contributed by atoms with Gasteiger partial charge in [0.1, 0.15) is 12.6 Å². The molecule has 2 heterocycles. The smallest absolute Gasteiger partial charge is 0.251 e. The van der Waals surface area contributed by atoms with Crippen molar-refractivity contribution in [3.63, 3.8) is 0 Å². The number of carbonyl (C=O) groups is 1. The molecule has 0 spiro atoms. The van der Waals surface area contributed by atoms with E-state index in [-0.39, 0.29) is 11.9 Å². The highest BCUT2D eigenvalue weighted by Gasteiger charge is 2.29. The molecular weight excluding hydrogens is 364 g/mol. The molecule has 4 heteroatoms. The van der Waals surface area contributed by atoms with Crippen LogP contribution in [-0.4, -0.2) is 19.0 Å². The number of hydrogen-bond donors (Lipinski definition) is 2. The Morgan fingerprint density at radius 1 is 1.07 bits per heavy atom. The second-order valence-electron chi connectivity index (χ2n) is 7.68. The predicted molar refractivity (Wildman–Crippen MR) is 115 cm³/mol. The summed E-state index contributed by atoms with van der Waals surface area (Å²) in [4.78, 5) is 15.6. The Kier molecular flexibility index (Phi) is 5.60. The van der Waals surface area contributed by atoms with Crippen LogP contribution in [0.15, 0.2) is 60.0 Å². The van der Waals surface area contributed by atoms with Gasteiger partial charge in [0.25, 0.3) is 5.91 Å². The lowest BCUT2D eigenvalue weighted by molar-refractivity contribution is -0.945. The van der Waals surface area contributed by atoms with Crippen LogP contribution in [0.1, 0.15) is 43.5 Å². The van der Waals surface area contributed by atoms with E-state index in [1.54, 1.807) is 11.3 Å². The van der Waals surface area contributed by atoms with Gasteiger partial charge in [-0.1, -0.05) is 36.4 Å². The maximum atomic E-state index is 12.7. The minimum atomic E-state index is 0.0152. The fraction of sp³-hybridized carbons (Fsp3) is 0.292. The largest absolute Gasteiger partial charge is 0.346 e. The van der Waals surface area contributed by atoms with E-state index in [9.17, 15) is 4.79 Å². The van der Waals surface area contributed by atoms with E-state index in [2.05, 4.69) is 60.9 Å². The summed E-state index contributed by atoms with van der Waals surface area (Å²) in [6, 6.07) is 19.3. The first-order valence-corrected chi connectivity index (χ1v) is 10.8. The van der Waals surface area contributed by atoms with Crippen molar-refractivity contribution >= 4 is 17.2 Å². The van der Waals surface area contributed by atoms with Crippen molar-refractivity contribution in [3.05, 3.63) is 92.7 Å². The zero-order valence-electron chi connectivity index (χ0n) is 16.5. The number of thiophene rings is 1. The number of rotatable bonds is 5. The van der Waals surface area contributed by atoms with Gasteiger partial charge in [-0.05, 0) is 54.1 Å². The predicted octanol–water partition coefficient (Wildman–Crippen LogP) is 3.48. The summed E-state index contributed by atoms with van der Waals surface area (Å²) in [7, 11) is 0. The molecule has 2 N–H and O–H groups in total. The molecule has 144 valence electrons. The SMILES string of the molecule is Cc1ccc(C(=O)NC[C@@H](c2cccs2)[NH+]2CCc3ccccc3C2)cc1C. The molecule has 1 amide bonds. The quantitative estimate of drug-likeness (QED) is 0.686. The summed E-state index contributed by atoms with van der Waals surface area (Å²) in [5.41, 5.74) is 6.01. The highest BCUT2D eigenvalue weighted by molar-refractivity contribution is 7.10. The number of quaternary nitrogens is 1. The molecule has 0 aliphatic carbocycles. The van der Waals surface area contributed by atoms with Crippen molar-refractivity contribution in [3.8, 4) is 0 Å². The molecule has 1 unspecified atom stereocenters. The average molecular weight is 392 g/mol. The first kappa shape index (κ1) is 18.9. The van der Waals surface area contributed by atoms with Gasteiger partial charge in [-0.15, -0.1) is 11.3 Å². The first-order valence-electron chi connectivity index (χ1n) is 9.92. The summed E-state index contributed by atoms with van der Waals surface area (Å²) in [6.07, 6.45) is 1.10. The molecule has 0 bridgehead atoms. The summed E-state index contributed by atoms with van der Waals surface area (Å²) < 4.78 is 0. The van der Waals surface area contributed by atoms with E-state index in [1.165, 1.54) is 26.5 Å². The van der Waals surface area contributed by atoms with Crippen LogP contribution in [0, 0.1) is 13.8 Å². The Morgan fingerprint density at radius 2 is 1.89 bits per heavy atom. The summed E-state index contributed by atoms with van der Waals surface area (Å²) in [5.74, 6) is 0.0152. The van der Waals surface area contributed by atoms with Gasteiger partial charge in [0.15, 0.2) is 0 Å². The molecule has 0 saturated carbocycles. The molecule has 4 rings (SSSR count). The molecule has 28 heavy (non-hydrogen) atoms. The van der Waals surface area contributed by atoms with Crippen molar-refractivity contribution < 1.29 is 9.69 Å². The van der Waals surface area contributed by atoms with Gasteiger partial charge >= 0.3 is 0 Å². The van der Waals surface area contributed by atoms with Crippen LogP contribution in [0.25, 0.3) is 0 Å². The minimum Gasteiger partial charge on any atom is -0.346 e. The van der Waals surface area contributed by atoms with E-state index in [0.29, 0.717) is 6.54 Å². The zero-order valence-corrected chi connectivity index (χ0v) is 17.3. The number of benzene rings is 2. The first-order chi connectivity index (χ1) is 13.6. The second kappa shape index (κ2) is 8.29. The van der Waals surface area contributed by atoms with Gasteiger partial charge in [0.05, 0.1) is 18.0 Å². The minimum absolute atomic E-state index is 0.0152. The number of carbonyl (C=O) groups excluding carboxylic acids is 1. The maximum Gasteiger partial charge on any atom is 0.251 e. The molecule has 0 fully saturated rings. The van der Waals surface area contributed by atoms with Crippen LogP contribution in [0.3, 0.4) is 0 Å². The number of hydrogen-bond acceptors (Lipinski definition) is 2. The lowest BCUT2D eigenvalue weighted by Crippen LogP contribution is -3.12. The van der Waals surface area contributed by atoms with Gasteiger partial charge in [0, 0.05) is 17.5 Å². The van der Waals surface area contributed by atoms with Crippen molar-refractivity contribution in [2.45, 2.75) is 32.9 Å². The number of amides is 1. The monoisotopic (exact) mass is 391 g/mol. The fourth-order valence-electron chi connectivity index (χ4n) is 4.01. The van der Waals surface area contributed by atoms with Crippen LogP contribution >= 0.6 is 11.3 Å². The van der Waals surface area contributed by atoms with E-state index >= 15 is 0 Å². The Balaban J connectivity index is 1.50. The van der Waals surface area contributed by atoms with Crippen LogP contribution in [0.4, 0.5) is 0 Å². The van der Waals surface area contributed by atoms with Crippen molar-refractivity contribution in [2.24, 2.45) is 0 Å². The van der Waals surface area contributed by atoms with Crippen LogP contribution in [-0.2, 0) is 13.0 Å². The molecule has 1 aliphatic heterocycles. The van der Waals surface area contributed by atoms with Crippen LogP contribution in [0.5, 0.6) is 0 Å². The van der Waals surface area contributed by atoms with E-state index < -0.39 is 0 Å². The Bertz CT molecular complexity index is 964. The number of fused-ring (bicyclic) bond motifs is 1. The third-order valence-corrected chi connectivity index (χ3v) is 6.85. The molecule has 0 saturated heterocycles. The van der Waals surface area contributed by atoms with Crippen molar-refractivity contribution in [1.29, 1.82) is 0 Å². The summed E-state index contributed by atoms with van der Waals surface area (Å²) >= 11 is 1.79. The van der Waals surface area contributed by atoms with E-state index in [0.717, 1.165) is 30.6 Å². The normalized spacial score (nSPS) is 17.0. The van der Waals surface area contributed by atoms with E-state index in [4.69, 9.17) is 0 Å². The lowest BCUT2D eigenvalue weighted by atomic mass is 9.98. The van der Waals surface area contributed by atoms with Crippen LogP contribution in [0.2, 0.25) is 0 Å². The molecule has 0 radical (unpaired) electrons. The van der Waals surface area contributed by atoms with Gasteiger partial charge < -0.3 is 10.2 Å². The van der Waals surface area contributed by atoms with Crippen molar-refractivity contribution in [1.82, 2.24) is 5.32 Å². The van der Waals surface area contributed by atoms with Gasteiger partial charge in [-0.25, -0.2) is 0 Å². The highest BCUT2D eigenvalue weighted by Crippen LogP contribution is 2.19. The van der Waals surface area contributed by atoms with Gasteiger partial charge in [0.2, 0.25) is 0 Å². The standard InChI is InChI=1S/C24H26N2OS/c1-17-9-10-20(14-18(17)2)24(27)25-15-22(23-8-5-13-28-23)26-12-11-19-6-3-4-7-21(19)16-26/h3-10,13-14,22H,11-12,15-16H2,1-2H3,(H,25,27)/p+1/t22-/m0/s1. The Morgan fingerprint density at radius 3 is 2.64 bits per heavy atom. The van der Waals surface area contributed by atoms with Crippen LogP contribution < -0.4 is 10.2 Å². The third-order valence-electron chi connectivity index (χ3n) is 5.87. The molecule has 2 atom stereocenters. The molecule has 3 nitrogen and oxygen atoms in total. The Hall–Kier alpha value is -2.43. The molecule has 2 aromatic carbocycles. The average Bonchev–Trinajstić information content (AvgIpc) is 3.24. The third kappa shape index (κ3) is 4.03. The second-order valence-corrected chi connectivity index (χ2v) is 8.66. The van der Waals surface area contributed by atoms with Gasteiger partial charge in [-0.2, -0.15) is 0 Å². The number of nitrogens with one attached hydrogen (secondary N) is 2.